The molecule has 0 spiro atoms. The van der Waals surface area contributed by atoms with Crippen molar-refractivity contribution in [3.8, 4) is 0 Å². The van der Waals surface area contributed by atoms with E-state index in [9.17, 15) is 9.59 Å². The lowest BCUT2D eigenvalue weighted by atomic mass is 9.75. The van der Waals surface area contributed by atoms with Crippen molar-refractivity contribution in [2.75, 3.05) is 5.32 Å². The number of pyridine rings is 1. The zero-order valence-corrected chi connectivity index (χ0v) is 16.5. The molecule has 5 rings (SSSR count). The normalized spacial score (nSPS) is 25.3. The number of fused-ring (bicyclic) bond motifs is 3. The van der Waals surface area contributed by atoms with E-state index in [1.54, 1.807) is 13.1 Å². The minimum Gasteiger partial charge on any atom is -0.324 e. The zero-order chi connectivity index (χ0) is 20.0. The monoisotopic (exact) mass is 384 g/mol. The predicted octanol–water partition coefficient (Wildman–Crippen LogP) is 5.21. The molecule has 2 aromatic carbocycles. The second kappa shape index (κ2) is 7.11. The highest BCUT2D eigenvalue weighted by molar-refractivity contribution is 6.01. The number of benzene rings is 2. The molecule has 0 aliphatic heterocycles. The number of ketones is 1. The van der Waals surface area contributed by atoms with Crippen LogP contribution < -0.4 is 5.32 Å². The van der Waals surface area contributed by atoms with Crippen molar-refractivity contribution in [2.45, 2.75) is 32.1 Å². The fourth-order valence-corrected chi connectivity index (χ4v) is 5.51. The maximum absolute atomic E-state index is 13.4. The minimum atomic E-state index is -0.0316. The van der Waals surface area contributed by atoms with Gasteiger partial charge in [0.25, 0.3) is 0 Å². The predicted molar refractivity (Wildman–Crippen MR) is 114 cm³/mol. The molecule has 0 unspecified atom stereocenters. The average Bonchev–Trinajstić information content (AvgIpc) is 3.36. The van der Waals surface area contributed by atoms with Crippen LogP contribution in [0.1, 0.15) is 48.0 Å². The van der Waals surface area contributed by atoms with Gasteiger partial charge in [0.15, 0.2) is 5.78 Å². The second-order valence-electron chi connectivity index (χ2n) is 8.43. The van der Waals surface area contributed by atoms with Crippen molar-refractivity contribution in [3.05, 3.63) is 71.9 Å². The number of Topliss-reactive ketones (excluding diaryl/α,β-unsaturated/α-hetero) is 1. The number of hydrogen-bond donors (Lipinski definition) is 1. The zero-order valence-electron chi connectivity index (χ0n) is 16.5. The van der Waals surface area contributed by atoms with E-state index >= 15 is 0 Å². The third-order valence-corrected chi connectivity index (χ3v) is 6.81. The fourth-order valence-electron chi connectivity index (χ4n) is 5.51. The Morgan fingerprint density at radius 2 is 1.72 bits per heavy atom. The lowest BCUT2D eigenvalue weighted by Crippen LogP contribution is -2.32. The molecule has 146 valence electrons. The van der Waals surface area contributed by atoms with Crippen LogP contribution in [0.5, 0.6) is 0 Å². The van der Waals surface area contributed by atoms with Gasteiger partial charge in [0.2, 0.25) is 5.91 Å². The van der Waals surface area contributed by atoms with Crippen LogP contribution in [0.25, 0.3) is 10.9 Å². The van der Waals surface area contributed by atoms with Gasteiger partial charge in [-0.3, -0.25) is 14.6 Å². The van der Waals surface area contributed by atoms with Crippen LogP contribution >= 0.6 is 0 Å². The Kier molecular flexibility index (Phi) is 4.42. The molecular weight excluding hydrogens is 360 g/mol. The summed E-state index contributed by atoms with van der Waals surface area (Å²) in [5, 5.41) is 4.21. The third kappa shape index (κ3) is 3.13. The molecule has 4 nitrogen and oxygen atoms in total. The highest BCUT2D eigenvalue weighted by Crippen LogP contribution is 2.57. The first-order valence-corrected chi connectivity index (χ1v) is 10.4. The van der Waals surface area contributed by atoms with Gasteiger partial charge in [0.1, 0.15) is 0 Å². The summed E-state index contributed by atoms with van der Waals surface area (Å²) in [5.41, 5.74) is 3.51. The van der Waals surface area contributed by atoms with E-state index in [0.717, 1.165) is 35.0 Å². The lowest BCUT2D eigenvalue weighted by molar-refractivity contribution is -0.121. The topological polar surface area (TPSA) is 59.1 Å². The summed E-state index contributed by atoms with van der Waals surface area (Å²) < 4.78 is 0. The van der Waals surface area contributed by atoms with E-state index in [1.165, 1.54) is 12.0 Å². The van der Waals surface area contributed by atoms with Crippen molar-refractivity contribution < 1.29 is 9.59 Å². The molecule has 4 heteroatoms. The third-order valence-electron chi connectivity index (χ3n) is 6.81. The summed E-state index contributed by atoms with van der Waals surface area (Å²) in [5.74, 6) is 1.33. The van der Waals surface area contributed by atoms with E-state index in [4.69, 9.17) is 0 Å². The Bertz CT molecular complexity index is 1080. The van der Waals surface area contributed by atoms with Gasteiger partial charge < -0.3 is 5.32 Å². The Balaban J connectivity index is 1.45. The maximum Gasteiger partial charge on any atom is 0.228 e. The molecule has 2 fully saturated rings. The number of nitrogens with zero attached hydrogens (tertiary/aromatic N) is 1. The SMILES string of the molecule is CC(=O)c1ccc([C@@H]2[C@@H]3CC[C@@H](C3)[C@@H]2C(=O)Nc2cccc3cccnc23)cc1. The fraction of sp³-hybridized carbons (Fsp3) is 0.320. The molecule has 2 bridgehead atoms. The van der Waals surface area contributed by atoms with Gasteiger partial charge in [-0.25, -0.2) is 0 Å². The first kappa shape index (κ1) is 18.0. The van der Waals surface area contributed by atoms with Crippen molar-refractivity contribution in [1.29, 1.82) is 0 Å². The molecule has 29 heavy (non-hydrogen) atoms. The van der Waals surface area contributed by atoms with Crippen LogP contribution in [0.2, 0.25) is 0 Å². The van der Waals surface area contributed by atoms with Gasteiger partial charge in [0, 0.05) is 23.1 Å². The van der Waals surface area contributed by atoms with Crippen LogP contribution in [0, 0.1) is 17.8 Å². The van der Waals surface area contributed by atoms with E-state index in [1.807, 2.05) is 54.6 Å². The summed E-state index contributed by atoms with van der Waals surface area (Å²) in [4.78, 5) is 29.5. The Hall–Kier alpha value is -3.01. The van der Waals surface area contributed by atoms with Crippen LogP contribution in [0.15, 0.2) is 60.8 Å². The molecule has 2 aliphatic rings. The van der Waals surface area contributed by atoms with Gasteiger partial charge >= 0.3 is 0 Å². The summed E-state index contributed by atoms with van der Waals surface area (Å²) >= 11 is 0. The van der Waals surface area contributed by atoms with E-state index in [2.05, 4.69) is 10.3 Å². The molecule has 4 atom stereocenters. The molecule has 0 radical (unpaired) electrons. The van der Waals surface area contributed by atoms with Crippen molar-refractivity contribution >= 4 is 28.3 Å². The maximum atomic E-state index is 13.4. The molecule has 1 N–H and O–H groups in total. The molecule has 1 heterocycles. The summed E-state index contributed by atoms with van der Waals surface area (Å²) in [7, 11) is 0. The lowest BCUT2D eigenvalue weighted by Gasteiger charge is -2.30. The number of carbonyl (C=O) groups is 2. The molecule has 0 saturated heterocycles. The number of carbonyl (C=O) groups excluding carboxylic acids is 2. The Morgan fingerprint density at radius 3 is 2.52 bits per heavy atom. The molecule has 2 saturated carbocycles. The van der Waals surface area contributed by atoms with Crippen molar-refractivity contribution in [1.82, 2.24) is 4.98 Å². The van der Waals surface area contributed by atoms with Gasteiger partial charge in [0.05, 0.1) is 11.2 Å². The quantitative estimate of drug-likeness (QED) is 0.629. The minimum absolute atomic E-state index is 0.0316. The van der Waals surface area contributed by atoms with Crippen LogP contribution in [-0.4, -0.2) is 16.7 Å². The van der Waals surface area contributed by atoms with E-state index in [0.29, 0.717) is 11.8 Å². The summed E-state index contributed by atoms with van der Waals surface area (Å²) in [6, 6.07) is 17.7. The molecule has 3 aromatic rings. The van der Waals surface area contributed by atoms with Crippen LogP contribution in [-0.2, 0) is 4.79 Å². The number of hydrogen-bond acceptors (Lipinski definition) is 3. The number of anilines is 1. The number of rotatable bonds is 4. The molecule has 2 aliphatic carbocycles. The summed E-state index contributed by atoms with van der Waals surface area (Å²) in [6.07, 6.45) is 5.18. The molecule has 1 aromatic heterocycles. The largest absolute Gasteiger partial charge is 0.324 e. The standard InChI is InChI=1S/C25H24N2O2/c1-15(28)16-7-9-17(10-8-16)22-19-11-12-20(14-19)23(22)25(29)27-21-6-2-4-18-5-3-13-26-24(18)21/h2-10,13,19-20,22-23H,11-12,14H2,1H3,(H,27,29)/t19-,20+,22-,23+/m1/s1. The van der Waals surface area contributed by atoms with Crippen molar-refractivity contribution in [3.63, 3.8) is 0 Å². The summed E-state index contributed by atoms with van der Waals surface area (Å²) in [6.45, 7) is 1.58. The first-order valence-electron chi connectivity index (χ1n) is 10.4. The van der Waals surface area contributed by atoms with Crippen LogP contribution in [0.4, 0.5) is 5.69 Å². The van der Waals surface area contributed by atoms with Gasteiger partial charge in [-0.1, -0.05) is 42.5 Å². The van der Waals surface area contributed by atoms with E-state index in [-0.39, 0.29) is 23.5 Å². The Labute approximate surface area is 170 Å². The number of para-hydroxylation sites is 1. The highest BCUT2D eigenvalue weighted by atomic mass is 16.2. The highest BCUT2D eigenvalue weighted by Gasteiger charge is 2.51. The molecule has 1 amide bonds. The first-order chi connectivity index (χ1) is 14.1. The van der Waals surface area contributed by atoms with Gasteiger partial charge in [-0.15, -0.1) is 0 Å². The average molecular weight is 384 g/mol. The second-order valence-corrected chi connectivity index (χ2v) is 8.43. The van der Waals surface area contributed by atoms with Gasteiger partial charge in [-0.05, 0) is 61.6 Å². The van der Waals surface area contributed by atoms with Crippen molar-refractivity contribution in [2.24, 2.45) is 17.8 Å². The smallest absolute Gasteiger partial charge is 0.228 e. The number of amides is 1. The van der Waals surface area contributed by atoms with Crippen LogP contribution in [0.3, 0.4) is 0 Å². The van der Waals surface area contributed by atoms with E-state index < -0.39 is 0 Å². The Morgan fingerprint density at radius 1 is 0.966 bits per heavy atom. The number of nitrogens with one attached hydrogen (secondary N) is 1. The number of aromatic nitrogens is 1. The molecular formula is C25H24N2O2. The van der Waals surface area contributed by atoms with Gasteiger partial charge in [-0.2, -0.15) is 0 Å².